The fourth-order valence-electron chi connectivity index (χ4n) is 2.87. The average Bonchev–Trinajstić information content (AvgIpc) is 2.55. The molecule has 1 aliphatic heterocycles. The number of azide groups is 1. The zero-order valence-corrected chi connectivity index (χ0v) is 13.5. The van der Waals surface area contributed by atoms with Gasteiger partial charge in [0.25, 0.3) is 0 Å². The Morgan fingerprint density at radius 3 is 2.92 bits per heavy atom. The topological polar surface area (TPSA) is 97.5 Å². The zero-order valence-electron chi connectivity index (χ0n) is 13.5. The number of benzene rings is 1. The molecule has 1 aromatic carbocycles. The molecule has 122 valence electrons. The van der Waals surface area contributed by atoms with Crippen molar-refractivity contribution >= 4 is 17.1 Å². The molecule has 0 aliphatic carbocycles. The van der Waals surface area contributed by atoms with Crippen molar-refractivity contribution in [3.05, 3.63) is 63.5 Å². The number of pyridine rings is 1. The van der Waals surface area contributed by atoms with Gasteiger partial charge in [0.15, 0.2) is 0 Å². The first-order chi connectivity index (χ1) is 11.4. The Morgan fingerprint density at radius 2 is 2.17 bits per heavy atom. The summed E-state index contributed by atoms with van der Waals surface area (Å²) in [5.74, 6) is -0.494. The lowest BCUT2D eigenvalue weighted by atomic mass is 9.81. The van der Waals surface area contributed by atoms with Crippen LogP contribution in [0, 0.1) is 11.2 Å². The first kappa shape index (κ1) is 16.0. The maximum absolute atomic E-state index is 13.6. The molecule has 0 saturated carbocycles. The number of nitrogens with one attached hydrogen (secondary N) is 2. The van der Waals surface area contributed by atoms with Gasteiger partial charge in [0.2, 0.25) is 0 Å². The van der Waals surface area contributed by atoms with E-state index in [1.165, 1.54) is 18.2 Å². The van der Waals surface area contributed by atoms with Crippen LogP contribution in [-0.4, -0.2) is 17.2 Å². The molecule has 0 saturated heterocycles. The van der Waals surface area contributed by atoms with Gasteiger partial charge in [0, 0.05) is 28.1 Å². The molecule has 0 fully saturated rings. The number of hydrogen-bond acceptors (Lipinski definition) is 4. The first-order valence-electron chi connectivity index (χ1n) is 7.62. The normalized spacial score (nSPS) is 15.0. The molecule has 0 radical (unpaired) electrons. The Kier molecular flexibility index (Phi) is 3.95. The van der Waals surface area contributed by atoms with E-state index < -0.39 is 5.82 Å². The molecule has 0 spiro atoms. The van der Waals surface area contributed by atoms with E-state index in [0.29, 0.717) is 5.69 Å². The lowest BCUT2D eigenvalue weighted by Crippen LogP contribution is -2.30. The summed E-state index contributed by atoms with van der Waals surface area (Å²) >= 11 is 0. The van der Waals surface area contributed by atoms with Crippen LogP contribution in [0.15, 0.2) is 35.4 Å². The minimum absolute atomic E-state index is 0.0288. The minimum Gasteiger partial charge on any atom is -0.384 e. The molecule has 1 aliphatic rings. The largest absolute Gasteiger partial charge is 0.384 e. The van der Waals surface area contributed by atoms with E-state index in [4.69, 9.17) is 10.9 Å². The molecule has 24 heavy (non-hydrogen) atoms. The van der Waals surface area contributed by atoms with Gasteiger partial charge in [-0.25, -0.2) is 9.37 Å². The molecule has 0 amide bonds. The highest BCUT2D eigenvalue weighted by atomic mass is 19.1. The third-order valence-corrected chi connectivity index (χ3v) is 4.24. The Hall–Kier alpha value is -2.92. The monoisotopic (exact) mass is 324 g/mol. The SMILES string of the molecule is CC1(C)CCNc2ccc(C(=N)c3cc(F)ccc3N=[N+]=[N-])nc21. The fraction of sp³-hybridized carbons (Fsp3) is 0.294. The summed E-state index contributed by atoms with van der Waals surface area (Å²) in [6.45, 7) is 5.10. The van der Waals surface area contributed by atoms with Gasteiger partial charge >= 0.3 is 0 Å². The van der Waals surface area contributed by atoms with Crippen molar-refractivity contribution in [2.24, 2.45) is 5.11 Å². The molecule has 2 N–H and O–H groups in total. The van der Waals surface area contributed by atoms with E-state index in [1.54, 1.807) is 6.07 Å². The molecule has 2 aromatic rings. The van der Waals surface area contributed by atoms with Gasteiger partial charge < -0.3 is 5.32 Å². The van der Waals surface area contributed by atoms with E-state index in [-0.39, 0.29) is 22.4 Å². The lowest BCUT2D eigenvalue weighted by molar-refractivity contribution is 0.466. The number of fused-ring (bicyclic) bond motifs is 1. The Balaban J connectivity index is 2.09. The van der Waals surface area contributed by atoms with Crippen LogP contribution >= 0.6 is 0 Å². The highest BCUT2D eigenvalue weighted by Crippen LogP contribution is 2.35. The van der Waals surface area contributed by atoms with Gasteiger partial charge in [0.1, 0.15) is 5.82 Å². The van der Waals surface area contributed by atoms with Crippen molar-refractivity contribution in [3.8, 4) is 0 Å². The van der Waals surface area contributed by atoms with Crippen LogP contribution in [0.25, 0.3) is 10.4 Å². The molecular formula is C17H17FN6. The van der Waals surface area contributed by atoms with Crippen LogP contribution in [0.1, 0.15) is 37.2 Å². The average molecular weight is 324 g/mol. The summed E-state index contributed by atoms with van der Waals surface area (Å²) in [4.78, 5) is 7.37. The molecule has 6 nitrogen and oxygen atoms in total. The van der Waals surface area contributed by atoms with E-state index >= 15 is 0 Å². The molecule has 0 bridgehead atoms. The van der Waals surface area contributed by atoms with Crippen molar-refractivity contribution in [3.63, 3.8) is 0 Å². The predicted octanol–water partition coefficient (Wildman–Crippen LogP) is 4.67. The van der Waals surface area contributed by atoms with Crippen LogP contribution < -0.4 is 5.32 Å². The van der Waals surface area contributed by atoms with Crippen LogP contribution in [0.5, 0.6) is 0 Å². The van der Waals surface area contributed by atoms with Crippen LogP contribution in [0.4, 0.5) is 15.8 Å². The molecule has 7 heteroatoms. The summed E-state index contributed by atoms with van der Waals surface area (Å²) in [6, 6.07) is 7.37. The number of anilines is 1. The Bertz CT molecular complexity index is 867. The smallest absolute Gasteiger partial charge is 0.123 e. The summed E-state index contributed by atoms with van der Waals surface area (Å²) < 4.78 is 13.6. The molecule has 2 heterocycles. The van der Waals surface area contributed by atoms with Crippen molar-refractivity contribution in [2.75, 3.05) is 11.9 Å². The fourth-order valence-corrected chi connectivity index (χ4v) is 2.87. The quantitative estimate of drug-likeness (QED) is 0.371. The van der Waals surface area contributed by atoms with Crippen LogP contribution in [0.3, 0.4) is 0 Å². The molecule has 0 unspecified atom stereocenters. The van der Waals surface area contributed by atoms with Gasteiger partial charge in [-0.2, -0.15) is 0 Å². The highest BCUT2D eigenvalue weighted by molar-refractivity contribution is 6.12. The molecule has 1 aromatic heterocycles. The third kappa shape index (κ3) is 2.81. The first-order valence-corrected chi connectivity index (χ1v) is 7.62. The highest BCUT2D eigenvalue weighted by Gasteiger charge is 2.29. The van der Waals surface area contributed by atoms with Crippen molar-refractivity contribution in [1.82, 2.24) is 4.98 Å². The number of rotatable bonds is 3. The molecule has 3 rings (SSSR count). The van der Waals surface area contributed by atoms with Gasteiger partial charge in [-0.1, -0.05) is 19.0 Å². The summed E-state index contributed by atoms with van der Waals surface area (Å²) in [6.07, 6.45) is 0.938. The second kappa shape index (κ2) is 5.94. The van der Waals surface area contributed by atoms with Crippen molar-refractivity contribution in [1.29, 1.82) is 5.41 Å². The Morgan fingerprint density at radius 1 is 1.38 bits per heavy atom. The van der Waals surface area contributed by atoms with E-state index in [0.717, 1.165) is 24.3 Å². The van der Waals surface area contributed by atoms with Crippen molar-refractivity contribution in [2.45, 2.75) is 25.7 Å². The van der Waals surface area contributed by atoms with E-state index in [9.17, 15) is 4.39 Å². The van der Waals surface area contributed by atoms with Gasteiger partial charge in [-0.15, -0.1) is 0 Å². The maximum Gasteiger partial charge on any atom is 0.123 e. The van der Waals surface area contributed by atoms with Gasteiger partial charge in [-0.3, -0.25) is 5.41 Å². The standard InChI is InChI=1S/C17H17FN6/c1-17(2)7-8-21-14-6-5-13(22-16(14)17)15(19)11-9-10(18)3-4-12(11)23-24-20/h3-6,9,19,21H,7-8H2,1-2H3. The van der Waals surface area contributed by atoms with Gasteiger partial charge in [0.05, 0.1) is 22.8 Å². The maximum atomic E-state index is 13.6. The second-order valence-electron chi connectivity index (χ2n) is 6.38. The van der Waals surface area contributed by atoms with E-state index in [2.05, 4.69) is 34.2 Å². The number of nitrogens with zero attached hydrogens (tertiary/aromatic N) is 4. The molecule has 0 atom stereocenters. The second-order valence-corrected chi connectivity index (χ2v) is 6.38. The predicted molar refractivity (Wildman–Crippen MR) is 91.5 cm³/mol. The Labute approximate surface area is 138 Å². The summed E-state index contributed by atoms with van der Waals surface area (Å²) in [5, 5.41) is 15.2. The lowest BCUT2D eigenvalue weighted by Gasteiger charge is -2.32. The summed E-state index contributed by atoms with van der Waals surface area (Å²) in [5.41, 5.74) is 11.3. The number of aromatic nitrogens is 1. The third-order valence-electron chi connectivity index (χ3n) is 4.24. The van der Waals surface area contributed by atoms with Gasteiger partial charge in [-0.05, 0) is 42.3 Å². The van der Waals surface area contributed by atoms with Crippen LogP contribution in [0.2, 0.25) is 0 Å². The van der Waals surface area contributed by atoms with Crippen molar-refractivity contribution < 1.29 is 4.39 Å². The summed E-state index contributed by atoms with van der Waals surface area (Å²) in [7, 11) is 0. The zero-order chi connectivity index (χ0) is 17.3. The number of halogens is 1. The van der Waals surface area contributed by atoms with E-state index in [1.807, 2.05) is 6.07 Å². The van der Waals surface area contributed by atoms with Crippen LogP contribution in [-0.2, 0) is 5.41 Å². The minimum atomic E-state index is -0.494. The number of hydrogen-bond donors (Lipinski definition) is 2. The molecular weight excluding hydrogens is 307 g/mol.